The highest BCUT2D eigenvalue weighted by atomic mass is 16.5. The molecule has 0 saturated heterocycles. The standard InChI is InChI=1S/C14H12N2O3/c15-13-11(7-4-8-16-13)14(18)19-9-12(17)10-5-2-1-3-6-10/h1-8H,9H2,(H2,15,16). The molecule has 19 heavy (non-hydrogen) atoms. The summed E-state index contributed by atoms with van der Waals surface area (Å²) in [5.41, 5.74) is 6.19. The third-order valence-corrected chi connectivity index (χ3v) is 2.49. The number of aromatic nitrogens is 1. The van der Waals surface area contributed by atoms with Gasteiger partial charge < -0.3 is 10.5 Å². The maximum absolute atomic E-state index is 11.7. The van der Waals surface area contributed by atoms with Crippen molar-refractivity contribution in [1.29, 1.82) is 0 Å². The molecule has 5 heteroatoms. The van der Waals surface area contributed by atoms with E-state index in [2.05, 4.69) is 4.98 Å². The molecule has 0 atom stereocenters. The zero-order valence-corrected chi connectivity index (χ0v) is 10.1. The molecule has 1 aromatic heterocycles. The number of ether oxygens (including phenoxy) is 1. The molecule has 1 aromatic carbocycles. The Kier molecular flexibility index (Phi) is 3.87. The molecule has 0 aliphatic carbocycles. The van der Waals surface area contributed by atoms with Gasteiger partial charge in [-0.25, -0.2) is 9.78 Å². The molecule has 0 spiro atoms. The number of Topliss-reactive ketones (excluding diaryl/α,β-unsaturated/α-hetero) is 1. The number of nitrogens with two attached hydrogens (primary N) is 1. The smallest absolute Gasteiger partial charge is 0.342 e. The van der Waals surface area contributed by atoms with Gasteiger partial charge in [-0.3, -0.25) is 4.79 Å². The Bertz CT molecular complexity index is 597. The molecular weight excluding hydrogens is 244 g/mol. The normalized spacial score (nSPS) is 9.89. The number of benzene rings is 1. The highest BCUT2D eigenvalue weighted by molar-refractivity contribution is 6.00. The van der Waals surface area contributed by atoms with E-state index in [-0.39, 0.29) is 23.8 Å². The first kappa shape index (κ1) is 12.8. The first-order valence-corrected chi connectivity index (χ1v) is 5.64. The van der Waals surface area contributed by atoms with E-state index in [0.717, 1.165) is 0 Å². The van der Waals surface area contributed by atoms with Crippen LogP contribution in [-0.2, 0) is 4.74 Å². The molecule has 1 heterocycles. The van der Waals surface area contributed by atoms with E-state index in [1.165, 1.54) is 12.3 Å². The lowest BCUT2D eigenvalue weighted by molar-refractivity contribution is 0.0475. The molecule has 0 saturated carbocycles. The monoisotopic (exact) mass is 256 g/mol. The van der Waals surface area contributed by atoms with Crippen molar-refractivity contribution in [3.63, 3.8) is 0 Å². The van der Waals surface area contributed by atoms with E-state index in [4.69, 9.17) is 10.5 Å². The SMILES string of the molecule is Nc1ncccc1C(=O)OCC(=O)c1ccccc1. The summed E-state index contributed by atoms with van der Waals surface area (Å²) < 4.78 is 4.92. The molecule has 5 nitrogen and oxygen atoms in total. The Labute approximate surface area is 110 Å². The molecule has 0 radical (unpaired) electrons. The van der Waals surface area contributed by atoms with Gasteiger partial charge in [0.1, 0.15) is 11.4 Å². The Morgan fingerprint density at radius 1 is 1.11 bits per heavy atom. The fraction of sp³-hybridized carbons (Fsp3) is 0.0714. The predicted molar refractivity (Wildman–Crippen MR) is 69.7 cm³/mol. The lowest BCUT2D eigenvalue weighted by Crippen LogP contribution is -2.15. The van der Waals surface area contributed by atoms with Crippen molar-refractivity contribution in [3.05, 3.63) is 59.8 Å². The van der Waals surface area contributed by atoms with Crippen LogP contribution in [0.15, 0.2) is 48.7 Å². The van der Waals surface area contributed by atoms with Gasteiger partial charge in [0.2, 0.25) is 0 Å². The number of pyridine rings is 1. The average Bonchev–Trinajstić information content (AvgIpc) is 2.46. The van der Waals surface area contributed by atoms with Crippen LogP contribution in [0.1, 0.15) is 20.7 Å². The molecular formula is C14H12N2O3. The third-order valence-electron chi connectivity index (χ3n) is 2.49. The molecule has 0 amide bonds. The van der Waals surface area contributed by atoms with Crippen LogP contribution in [0.25, 0.3) is 0 Å². The summed E-state index contributed by atoms with van der Waals surface area (Å²) in [6.07, 6.45) is 1.47. The van der Waals surface area contributed by atoms with Gasteiger partial charge in [0.15, 0.2) is 12.4 Å². The predicted octanol–water partition coefficient (Wildman–Crippen LogP) is 1.70. The maximum atomic E-state index is 11.7. The van der Waals surface area contributed by atoms with Crippen molar-refractivity contribution in [2.45, 2.75) is 0 Å². The summed E-state index contributed by atoms with van der Waals surface area (Å²) in [6, 6.07) is 11.7. The number of carbonyl (C=O) groups is 2. The second-order valence-corrected chi connectivity index (χ2v) is 3.80. The molecule has 0 fully saturated rings. The number of carbonyl (C=O) groups excluding carboxylic acids is 2. The van der Waals surface area contributed by atoms with Gasteiger partial charge in [0.05, 0.1) is 0 Å². The third kappa shape index (κ3) is 3.16. The highest BCUT2D eigenvalue weighted by Gasteiger charge is 2.14. The van der Waals surface area contributed by atoms with Gasteiger partial charge >= 0.3 is 5.97 Å². The number of nitrogens with zero attached hydrogens (tertiary/aromatic N) is 1. The van der Waals surface area contributed by atoms with Crippen LogP contribution in [-0.4, -0.2) is 23.3 Å². The molecule has 0 aliphatic rings. The van der Waals surface area contributed by atoms with Gasteiger partial charge in [-0.15, -0.1) is 0 Å². The Hall–Kier alpha value is -2.69. The van der Waals surface area contributed by atoms with Crippen molar-refractivity contribution in [2.75, 3.05) is 12.3 Å². The van der Waals surface area contributed by atoms with E-state index < -0.39 is 5.97 Å². The number of anilines is 1. The molecule has 0 unspecified atom stereocenters. The second-order valence-electron chi connectivity index (χ2n) is 3.80. The average molecular weight is 256 g/mol. The minimum atomic E-state index is -0.658. The summed E-state index contributed by atoms with van der Waals surface area (Å²) in [5.74, 6) is -0.842. The van der Waals surface area contributed by atoms with Gasteiger partial charge in [-0.1, -0.05) is 30.3 Å². The van der Waals surface area contributed by atoms with Gasteiger partial charge in [-0.05, 0) is 12.1 Å². The van der Waals surface area contributed by atoms with E-state index in [1.807, 2.05) is 0 Å². The molecule has 2 N–H and O–H groups in total. The second kappa shape index (κ2) is 5.77. The fourth-order valence-electron chi connectivity index (χ4n) is 1.51. The van der Waals surface area contributed by atoms with Gasteiger partial charge in [0.25, 0.3) is 0 Å². The number of rotatable bonds is 4. The quantitative estimate of drug-likeness (QED) is 0.665. The van der Waals surface area contributed by atoms with Crippen molar-refractivity contribution in [3.8, 4) is 0 Å². The molecule has 0 bridgehead atoms. The molecule has 0 aliphatic heterocycles. The first-order chi connectivity index (χ1) is 9.18. The van der Waals surface area contributed by atoms with Crippen LogP contribution in [0.3, 0.4) is 0 Å². The van der Waals surface area contributed by atoms with Crippen molar-refractivity contribution in [2.24, 2.45) is 0 Å². The van der Waals surface area contributed by atoms with Gasteiger partial charge in [-0.2, -0.15) is 0 Å². The topological polar surface area (TPSA) is 82.3 Å². The largest absolute Gasteiger partial charge is 0.454 e. The number of hydrogen-bond donors (Lipinski definition) is 1. The number of nitrogen functional groups attached to an aromatic ring is 1. The number of esters is 1. The summed E-state index contributed by atoms with van der Waals surface area (Å²) in [5, 5.41) is 0. The van der Waals surface area contributed by atoms with Crippen LogP contribution in [0.4, 0.5) is 5.82 Å². The van der Waals surface area contributed by atoms with Crippen molar-refractivity contribution < 1.29 is 14.3 Å². The Morgan fingerprint density at radius 2 is 1.84 bits per heavy atom. The number of ketones is 1. The fourth-order valence-corrected chi connectivity index (χ4v) is 1.51. The highest BCUT2D eigenvalue weighted by Crippen LogP contribution is 2.09. The van der Waals surface area contributed by atoms with Crippen LogP contribution in [0, 0.1) is 0 Å². The minimum Gasteiger partial charge on any atom is -0.454 e. The number of hydrogen-bond acceptors (Lipinski definition) is 5. The summed E-state index contributed by atoms with van der Waals surface area (Å²) in [6.45, 7) is -0.322. The van der Waals surface area contributed by atoms with Gasteiger partial charge in [0, 0.05) is 11.8 Å². The van der Waals surface area contributed by atoms with Crippen molar-refractivity contribution in [1.82, 2.24) is 4.98 Å². The first-order valence-electron chi connectivity index (χ1n) is 5.64. The van der Waals surface area contributed by atoms with E-state index in [0.29, 0.717) is 5.56 Å². The maximum Gasteiger partial charge on any atom is 0.342 e. The molecule has 2 aromatic rings. The van der Waals surface area contributed by atoms with Crippen molar-refractivity contribution >= 4 is 17.6 Å². The molecule has 2 rings (SSSR count). The van der Waals surface area contributed by atoms with Crippen LogP contribution in [0.2, 0.25) is 0 Å². The Morgan fingerprint density at radius 3 is 2.53 bits per heavy atom. The lowest BCUT2D eigenvalue weighted by Gasteiger charge is -2.05. The zero-order chi connectivity index (χ0) is 13.7. The van der Waals surface area contributed by atoms with Crippen LogP contribution in [0.5, 0.6) is 0 Å². The summed E-state index contributed by atoms with van der Waals surface area (Å²) in [4.78, 5) is 27.2. The lowest BCUT2D eigenvalue weighted by atomic mass is 10.1. The summed E-state index contributed by atoms with van der Waals surface area (Å²) in [7, 11) is 0. The molecule has 96 valence electrons. The van der Waals surface area contributed by atoms with E-state index in [9.17, 15) is 9.59 Å². The zero-order valence-electron chi connectivity index (χ0n) is 10.1. The minimum absolute atomic E-state index is 0.0830. The van der Waals surface area contributed by atoms with E-state index in [1.54, 1.807) is 36.4 Å². The summed E-state index contributed by atoms with van der Waals surface area (Å²) >= 11 is 0. The van der Waals surface area contributed by atoms with E-state index >= 15 is 0 Å². The van der Waals surface area contributed by atoms with Crippen LogP contribution < -0.4 is 5.73 Å². The Balaban J connectivity index is 1.98. The van der Waals surface area contributed by atoms with Crippen LogP contribution >= 0.6 is 0 Å².